The maximum atomic E-state index is 11.9. The Hall–Kier alpha value is -1.55. The summed E-state index contributed by atoms with van der Waals surface area (Å²) < 4.78 is 5.62. The number of hydrogen-bond donors (Lipinski definition) is 1. The Labute approximate surface area is 115 Å². The molecule has 1 aromatic rings. The van der Waals surface area contributed by atoms with Gasteiger partial charge in [0.05, 0.1) is 0 Å². The molecule has 4 heteroatoms. The second-order valence-electron chi connectivity index (χ2n) is 4.94. The van der Waals surface area contributed by atoms with Crippen molar-refractivity contribution < 1.29 is 9.53 Å². The molecule has 1 aromatic carbocycles. The first-order valence-corrected chi connectivity index (χ1v) is 6.70. The first-order chi connectivity index (χ1) is 8.97. The van der Waals surface area contributed by atoms with Crippen LogP contribution in [-0.2, 0) is 4.79 Å². The maximum Gasteiger partial charge on any atom is 0.260 e. The van der Waals surface area contributed by atoms with Gasteiger partial charge in [-0.2, -0.15) is 0 Å². The molecule has 106 valence electrons. The third-order valence-electron chi connectivity index (χ3n) is 3.28. The van der Waals surface area contributed by atoms with Crippen LogP contribution in [0.2, 0.25) is 0 Å². The highest BCUT2D eigenvalue weighted by molar-refractivity contribution is 5.77. The van der Waals surface area contributed by atoms with Gasteiger partial charge in [-0.05, 0) is 26.3 Å². The predicted molar refractivity (Wildman–Crippen MR) is 77.1 cm³/mol. The Balaban J connectivity index is 2.70. The van der Waals surface area contributed by atoms with E-state index >= 15 is 0 Å². The normalized spacial score (nSPS) is 12.3. The monoisotopic (exact) mass is 264 g/mol. The van der Waals surface area contributed by atoms with Crippen molar-refractivity contribution >= 4 is 5.91 Å². The Bertz CT molecular complexity index is 418. The molecule has 0 spiro atoms. The summed E-state index contributed by atoms with van der Waals surface area (Å²) in [6.45, 7) is 6.01. The summed E-state index contributed by atoms with van der Waals surface area (Å²) in [6, 6.07) is 7.73. The lowest BCUT2D eigenvalue weighted by Gasteiger charge is -2.22. The molecule has 4 nitrogen and oxygen atoms in total. The van der Waals surface area contributed by atoms with Gasteiger partial charge in [0.15, 0.2) is 6.61 Å². The number of rotatable bonds is 6. The Kier molecular flexibility index (Phi) is 5.83. The van der Waals surface area contributed by atoms with Gasteiger partial charge in [-0.1, -0.05) is 25.1 Å². The molecule has 0 aliphatic heterocycles. The molecule has 1 atom stereocenters. The van der Waals surface area contributed by atoms with E-state index in [9.17, 15) is 4.79 Å². The first kappa shape index (κ1) is 15.5. The summed E-state index contributed by atoms with van der Waals surface area (Å²) >= 11 is 0. The number of ether oxygens (including phenoxy) is 1. The molecule has 0 aliphatic rings. The lowest BCUT2D eigenvalue weighted by molar-refractivity contribution is -0.133. The van der Waals surface area contributed by atoms with Crippen molar-refractivity contribution in [2.24, 2.45) is 5.73 Å². The van der Waals surface area contributed by atoms with E-state index in [1.165, 1.54) is 0 Å². The predicted octanol–water partition coefficient (Wildman–Crippen LogP) is 2.34. The van der Waals surface area contributed by atoms with Crippen molar-refractivity contribution in [2.75, 3.05) is 13.7 Å². The Morgan fingerprint density at radius 1 is 1.37 bits per heavy atom. The standard InChI is InChI=1S/C15H24N2O2/c1-5-13(16)12-8-6-7-9-14(12)19-10-15(18)17(4)11(2)3/h6-9,11,13H,5,10,16H2,1-4H3/t13-/m1/s1. The van der Waals surface area contributed by atoms with E-state index in [1.54, 1.807) is 11.9 Å². The molecule has 0 aliphatic carbocycles. The number of para-hydroxylation sites is 1. The minimum Gasteiger partial charge on any atom is -0.483 e. The van der Waals surface area contributed by atoms with Gasteiger partial charge in [0.25, 0.3) is 5.91 Å². The van der Waals surface area contributed by atoms with Gasteiger partial charge in [-0.15, -0.1) is 0 Å². The lowest BCUT2D eigenvalue weighted by Crippen LogP contribution is -2.36. The first-order valence-electron chi connectivity index (χ1n) is 6.70. The summed E-state index contributed by atoms with van der Waals surface area (Å²) in [5, 5.41) is 0. The van der Waals surface area contributed by atoms with E-state index in [0.29, 0.717) is 5.75 Å². The molecule has 19 heavy (non-hydrogen) atoms. The second-order valence-corrected chi connectivity index (χ2v) is 4.94. The van der Waals surface area contributed by atoms with E-state index in [1.807, 2.05) is 45.0 Å². The van der Waals surface area contributed by atoms with Gasteiger partial charge in [0.1, 0.15) is 5.75 Å². The van der Waals surface area contributed by atoms with Crippen LogP contribution in [0.3, 0.4) is 0 Å². The molecule has 0 aromatic heterocycles. The highest BCUT2D eigenvalue weighted by Crippen LogP contribution is 2.25. The minimum atomic E-state index is -0.0610. The van der Waals surface area contributed by atoms with Crippen LogP contribution in [0.4, 0.5) is 0 Å². The van der Waals surface area contributed by atoms with E-state index in [0.717, 1.165) is 12.0 Å². The molecule has 0 radical (unpaired) electrons. The van der Waals surface area contributed by atoms with E-state index in [-0.39, 0.29) is 24.6 Å². The highest BCUT2D eigenvalue weighted by Gasteiger charge is 2.15. The van der Waals surface area contributed by atoms with Crippen molar-refractivity contribution in [1.29, 1.82) is 0 Å². The molecule has 1 amide bonds. The third-order valence-corrected chi connectivity index (χ3v) is 3.28. The van der Waals surface area contributed by atoms with Gasteiger partial charge in [0, 0.05) is 24.7 Å². The van der Waals surface area contributed by atoms with Crippen molar-refractivity contribution in [2.45, 2.75) is 39.3 Å². The van der Waals surface area contributed by atoms with E-state index in [4.69, 9.17) is 10.5 Å². The van der Waals surface area contributed by atoms with Crippen LogP contribution in [0, 0.1) is 0 Å². The molecule has 2 N–H and O–H groups in total. The fraction of sp³-hybridized carbons (Fsp3) is 0.533. The molecule has 0 saturated carbocycles. The van der Waals surface area contributed by atoms with E-state index < -0.39 is 0 Å². The van der Waals surface area contributed by atoms with Crippen molar-refractivity contribution in [3.05, 3.63) is 29.8 Å². The fourth-order valence-corrected chi connectivity index (χ4v) is 1.67. The minimum absolute atomic E-state index is 0.0325. The Morgan fingerprint density at radius 2 is 2.00 bits per heavy atom. The number of nitrogens with zero attached hydrogens (tertiary/aromatic N) is 1. The number of likely N-dealkylation sites (N-methyl/N-ethyl adjacent to an activating group) is 1. The quantitative estimate of drug-likeness (QED) is 0.858. The van der Waals surface area contributed by atoms with Crippen LogP contribution in [0.25, 0.3) is 0 Å². The Morgan fingerprint density at radius 3 is 2.58 bits per heavy atom. The highest BCUT2D eigenvalue weighted by atomic mass is 16.5. The molecule has 0 fully saturated rings. The number of amides is 1. The average molecular weight is 264 g/mol. The molecule has 0 saturated heterocycles. The lowest BCUT2D eigenvalue weighted by atomic mass is 10.0. The van der Waals surface area contributed by atoms with Crippen LogP contribution in [0.5, 0.6) is 5.75 Å². The zero-order valence-electron chi connectivity index (χ0n) is 12.2. The third kappa shape index (κ3) is 4.24. The van der Waals surface area contributed by atoms with Gasteiger partial charge in [-0.25, -0.2) is 0 Å². The van der Waals surface area contributed by atoms with Gasteiger partial charge >= 0.3 is 0 Å². The topological polar surface area (TPSA) is 55.6 Å². The molecule has 0 bridgehead atoms. The largest absolute Gasteiger partial charge is 0.483 e. The van der Waals surface area contributed by atoms with Crippen molar-refractivity contribution in [3.8, 4) is 5.75 Å². The van der Waals surface area contributed by atoms with Crippen LogP contribution in [-0.4, -0.2) is 30.5 Å². The van der Waals surface area contributed by atoms with Gasteiger partial charge < -0.3 is 15.4 Å². The zero-order chi connectivity index (χ0) is 14.4. The summed E-state index contributed by atoms with van der Waals surface area (Å²) in [4.78, 5) is 13.5. The molecular weight excluding hydrogens is 240 g/mol. The smallest absolute Gasteiger partial charge is 0.260 e. The fourth-order valence-electron chi connectivity index (χ4n) is 1.67. The summed E-state index contributed by atoms with van der Waals surface area (Å²) in [5.74, 6) is 0.664. The van der Waals surface area contributed by atoms with Crippen LogP contribution >= 0.6 is 0 Å². The summed E-state index contributed by atoms with van der Waals surface area (Å²) in [5.41, 5.74) is 6.98. The van der Waals surface area contributed by atoms with Crippen molar-refractivity contribution in [3.63, 3.8) is 0 Å². The zero-order valence-corrected chi connectivity index (χ0v) is 12.2. The second kappa shape index (κ2) is 7.14. The molecule has 0 heterocycles. The molecular formula is C15H24N2O2. The average Bonchev–Trinajstić information content (AvgIpc) is 2.43. The maximum absolute atomic E-state index is 11.9. The number of benzene rings is 1. The van der Waals surface area contributed by atoms with Gasteiger partial charge in [-0.3, -0.25) is 4.79 Å². The van der Waals surface area contributed by atoms with Gasteiger partial charge in [0.2, 0.25) is 0 Å². The van der Waals surface area contributed by atoms with Crippen molar-refractivity contribution in [1.82, 2.24) is 4.90 Å². The van der Waals surface area contributed by atoms with Crippen LogP contribution in [0.1, 0.15) is 38.8 Å². The number of carbonyl (C=O) groups is 1. The number of hydrogen-bond acceptors (Lipinski definition) is 3. The van der Waals surface area contributed by atoms with Crippen LogP contribution < -0.4 is 10.5 Å². The summed E-state index contributed by atoms with van der Waals surface area (Å²) in [7, 11) is 1.78. The summed E-state index contributed by atoms with van der Waals surface area (Å²) in [6.07, 6.45) is 0.834. The molecule has 1 rings (SSSR count). The van der Waals surface area contributed by atoms with E-state index in [2.05, 4.69) is 0 Å². The molecule has 0 unspecified atom stereocenters. The number of carbonyl (C=O) groups excluding carboxylic acids is 1. The number of nitrogens with two attached hydrogens (primary N) is 1. The van der Waals surface area contributed by atoms with Crippen LogP contribution in [0.15, 0.2) is 24.3 Å². The SMILES string of the molecule is CC[C@@H](N)c1ccccc1OCC(=O)N(C)C(C)C.